The van der Waals surface area contributed by atoms with Crippen molar-refractivity contribution in [3.05, 3.63) is 95.6 Å². The highest BCUT2D eigenvalue weighted by Gasteiger charge is 2.18. The maximum Gasteiger partial charge on any atom is 0.255 e. The number of hydrogen-bond donors (Lipinski definition) is 2. The van der Waals surface area contributed by atoms with Crippen molar-refractivity contribution >= 4 is 5.91 Å². The molecule has 2 N–H and O–H groups in total. The fraction of sp³-hybridized carbons (Fsp3) is 0.240. The van der Waals surface area contributed by atoms with Gasteiger partial charge in [0.2, 0.25) is 0 Å². The van der Waals surface area contributed by atoms with Crippen LogP contribution in [0.25, 0.3) is 0 Å². The Hall–Kier alpha value is -3.31. The zero-order valence-electron chi connectivity index (χ0n) is 16.9. The summed E-state index contributed by atoms with van der Waals surface area (Å²) in [5, 5.41) is 11.8. The number of hydrogen-bond acceptors (Lipinski definition) is 4. The zero-order valence-corrected chi connectivity index (χ0v) is 16.9. The van der Waals surface area contributed by atoms with E-state index in [9.17, 15) is 4.79 Å². The summed E-state index contributed by atoms with van der Waals surface area (Å²) in [5.41, 5.74) is 2.47. The highest BCUT2D eigenvalue weighted by atomic mass is 16.5. The molecule has 3 aromatic rings. The van der Waals surface area contributed by atoms with Crippen LogP contribution >= 0.6 is 0 Å². The molecule has 0 aromatic heterocycles. The molecule has 0 unspecified atom stereocenters. The summed E-state index contributed by atoms with van der Waals surface area (Å²) in [6.45, 7) is 1.32. The first-order valence-corrected chi connectivity index (χ1v) is 10.1. The summed E-state index contributed by atoms with van der Waals surface area (Å²) in [5.74, 6) is 0.732. The molecule has 0 radical (unpaired) electrons. The molecular weight excluding hydrogens is 378 g/mol. The van der Waals surface area contributed by atoms with Crippen LogP contribution in [0.2, 0.25) is 0 Å². The molecule has 0 bridgehead atoms. The number of aliphatic hydroxyl groups excluding tert-OH is 1. The average molecular weight is 405 g/mol. The zero-order chi connectivity index (χ0) is 21.0. The highest BCUT2D eigenvalue weighted by molar-refractivity contribution is 5.97. The summed E-state index contributed by atoms with van der Waals surface area (Å²) in [7, 11) is 0. The van der Waals surface area contributed by atoms with Crippen LogP contribution in [-0.4, -0.2) is 24.2 Å². The minimum Gasteiger partial charge on any atom is -0.485 e. The molecule has 0 spiro atoms. The number of carbonyl (C=O) groups is 1. The van der Waals surface area contributed by atoms with Crippen LogP contribution < -0.4 is 14.8 Å². The molecule has 0 heterocycles. The number of aliphatic hydroxyl groups is 1. The van der Waals surface area contributed by atoms with Crippen molar-refractivity contribution < 1.29 is 19.4 Å². The van der Waals surface area contributed by atoms with Gasteiger partial charge in [-0.2, -0.15) is 0 Å². The van der Waals surface area contributed by atoms with Gasteiger partial charge < -0.3 is 19.9 Å². The largest absolute Gasteiger partial charge is 0.485 e. The van der Waals surface area contributed by atoms with Crippen molar-refractivity contribution in [2.75, 3.05) is 13.2 Å². The first-order chi connectivity index (χ1) is 14.8. The first-order valence-electron chi connectivity index (χ1n) is 10.1. The summed E-state index contributed by atoms with van der Waals surface area (Å²) in [6.07, 6.45) is 1.37. The Morgan fingerprint density at radius 3 is 2.03 bits per heavy atom. The van der Waals surface area contributed by atoms with E-state index in [-0.39, 0.29) is 12.5 Å². The van der Waals surface area contributed by atoms with Crippen LogP contribution in [0.15, 0.2) is 78.9 Å². The summed E-state index contributed by atoms with van der Waals surface area (Å²) in [4.78, 5) is 12.8. The van der Waals surface area contributed by atoms with Gasteiger partial charge in [0, 0.05) is 13.2 Å². The molecule has 30 heavy (non-hydrogen) atoms. The number of carbonyl (C=O) groups excluding carboxylic acids is 1. The monoisotopic (exact) mass is 405 g/mol. The second-order valence-corrected chi connectivity index (χ2v) is 6.87. The van der Waals surface area contributed by atoms with Gasteiger partial charge in [0.05, 0.1) is 5.56 Å². The normalized spacial score (nSPS) is 10.4. The fourth-order valence-corrected chi connectivity index (χ4v) is 2.96. The van der Waals surface area contributed by atoms with Crippen molar-refractivity contribution in [2.45, 2.75) is 26.1 Å². The Balaban J connectivity index is 1.78. The van der Waals surface area contributed by atoms with Gasteiger partial charge in [-0.05, 0) is 36.1 Å². The minimum atomic E-state index is -0.221. The summed E-state index contributed by atoms with van der Waals surface area (Å²) < 4.78 is 12.1. The molecule has 0 fully saturated rings. The van der Waals surface area contributed by atoms with E-state index in [1.807, 2.05) is 66.7 Å². The molecule has 156 valence electrons. The number of benzene rings is 3. The van der Waals surface area contributed by atoms with Gasteiger partial charge in [0.25, 0.3) is 5.91 Å². The van der Waals surface area contributed by atoms with Gasteiger partial charge in [-0.15, -0.1) is 0 Å². The quantitative estimate of drug-likeness (QED) is 0.466. The highest BCUT2D eigenvalue weighted by Crippen LogP contribution is 2.33. The lowest BCUT2D eigenvalue weighted by atomic mass is 10.1. The van der Waals surface area contributed by atoms with Crippen LogP contribution in [0.4, 0.5) is 0 Å². The standard InChI is InChI=1S/C25H27NO4/c27-17-8-7-16-26-25(28)22-14-9-15-23(29-18-20-10-3-1-4-11-20)24(22)30-19-21-12-5-2-6-13-21/h1-6,9-15,27H,7-8,16-19H2,(H,26,28). The van der Waals surface area contributed by atoms with Gasteiger partial charge >= 0.3 is 0 Å². The van der Waals surface area contributed by atoms with Gasteiger partial charge in [-0.1, -0.05) is 66.7 Å². The number of rotatable bonds is 11. The third kappa shape index (κ3) is 6.36. The number of ether oxygens (including phenoxy) is 2. The van der Waals surface area contributed by atoms with E-state index >= 15 is 0 Å². The van der Waals surface area contributed by atoms with Crippen molar-refractivity contribution in [3.63, 3.8) is 0 Å². The molecule has 0 aliphatic rings. The lowest BCUT2D eigenvalue weighted by molar-refractivity contribution is 0.0946. The number of amides is 1. The SMILES string of the molecule is O=C(NCCCCO)c1cccc(OCc2ccccc2)c1OCc1ccccc1. The fourth-order valence-electron chi connectivity index (χ4n) is 2.96. The predicted molar refractivity (Wildman–Crippen MR) is 117 cm³/mol. The van der Waals surface area contributed by atoms with E-state index in [1.165, 1.54) is 0 Å². The van der Waals surface area contributed by atoms with Gasteiger partial charge in [-0.25, -0.2) is 0 Å². The minimum absolute atomic E-state index is 0.115. The third-order valence-corrected chi connectivity index (χ3v) is 4.56. The topological polar surface area (TPSA) is 67.8 Å². The van der Waals surface area contributed by atoms with Crippen LogP contribution in [0.5, 0.6) is 11.5 Å². The summed E-state index contributed by atoms with van der Waals surface area (Å²) >= 11 is 0. The second kappa shape index (κ2) is 11.6. The van der Waals surface area contributed by atoms with Crippen LogP contribution in [0.1, 0.15) is 34.3 Å². The average Bonchev–Trinajstić information content (AvgIpc) is 2.80. The van der Waals surface area contributed by atoms with Crippen LogP contribution in [0, 0.1) is 0 Å². The molecule has 3 rings (SSSR count). The van der Waals surface area contributed by atoms with Crippen LogP contribution in [-0.2, 0) is 13.2 Å². The molecule has 0 aliphatic carbocycles. The Morgan fingerprint density at radius 1 is 0.767 bits per heavy atom. The van der Waals surface area contributed by atoms with E-state index in [0.29, 0.717) is 49.7 Å². The van der Waals surface area contributed by atoms with E-state index in [2.05, 4.69) is 5.32 Å². The van der Waals surface area contributed by atoms with E-state index in [4.69, 9.17) is 14.6 Å². The Morgan fingerprint density at radius 2 is 1.40 bits per heavy atom. The maximum absolute atomic E-state index is 12.8. The third-order valence-electron chi connectivity index (χ3n) is 4.56. The molecule has 1 amide bonds. The van der Waals surface area contributed by atoms with Gasteiger partial charge in [-0.3, -0.25) is 4.79 Å². The first kappa shape index (κ1) is 21.4. The van der Waals surface area contributed by atoms with Crippen molar-refractivity contribution in [2.24, 2.45) is 0 Å². The van der Waals surface area contributed by atoms with E-state index < -0.39 is 0 Å². The Labute approximate surface area is 177 Å². The molecule has 3 aromatic carbocycles. The molecule has 0 atom stereocenters. The van der Waals surface area contributed by atoms with Crippen molar-refractivity contribution in [1.82, 2.24) is 5.32 Å². The smallest absolute Gasteiger partial charge is 0.255 e. The summed E-state index contributed by atoms with van der Waals surface area (Å²) in [6, 6.07) is 25.0. The predicted octanol–water partition coefficient (Wildman–Crippen LogP) is 4.35. The lowest BCUT2D eigenvalue weighted by Crippen LogP contribution is -2.25. The molecule has 0 saturated heterocycles. The van der Waals surface area contributed by atoms with Gasteiger partial charge in [0.15, 0.2) is 11.5 Å². The second-order valence-electron chi connectivity index (χ2n) is 6.87. The molecule has 5 heteroatoms. The number of unbranched alkanes of at least 4 members (excludes halogenated alkanes) is 1. The molecule has 5 nitrogen and oxygen atoms in total. The maximum atomic E-state index is 12.8. The van der Waals surface area contributed by atoms with Crippen LogP contribution in [0.3, 0.4) is 0 Å². The van der Waals surface area contributed by atoms with Crippen molar-refractivity contribution in [3.8, 4) is 11.5 Å². The number of para-hydroxylation sites is 1. The van der Waals surface area contributed by atoms with E-state index in [1.54, 1.807) is 12.1 Å². The lowest BCUT2D eigenvalue weighted by Gasteiger charge is -2.17. The Bertz CT molecular complexity index is 913. The Kier molecular flexibility index (Phi) is 8.30. The molecular formula is C25H27NO4. The number of nitrogens with one attached hydrogen (secondary N) is 1. The van der Waals surface area contributed by atoms with Gasteiger partial charge in [0.1, 0.15) is 13.2 Å². The van der Waals surface area contributed by atoms with E-state index in [0.717, 1.165) is 11.1 Å². The molecule has 0 aliphatic heterocycles. The molecule has 0 saturated carbocycles. The van der Waals surface area contributed by atoms with Crippen molar-refractivity contribution in [1.29, 1.82) is 0 Å².